The zero-order valence-corrected chi connectivity index (χ0v) is 14.0. The smallest absolute Gasteiger partial charge is 0.328 e. The summed E-state index contributed by atoms with van der Waals surface area (Å²) in [6, 6.07) is 9.69. The summed E-state index contributed by atoms with van der Waals surface area (Å²) >= 11 is 5.98. The molecule has 0 saturated carbocycles. The topological polar surface area (TPSA) is 84.5 Å². The monoisotopic (exact) mass is 374 g/mol. The number of hydrogen-bond donors (Lipinski definition) is 2. The third kappa shape index (κ3) is 4.07. The van der Waals surface area contributed by atoms with Crippen LogP contribution in [-0.2, 0) is 16.2 Å². The van der Waals surface area contributed by atoms with Crippen LogP contribution in [0.15, 0.2) is 48.0 Å². The fourth-order valence-electron chi connectivity index (χ4n) is 2.31. The summed E-state index contributed by atoms with van der Waals surface area (Å²) in [4.78, 5) is 34.8. The van der Waals surface area contributed by atoms with Crippen molar-refractivity contribution in [2.24, 2.45) is 0 Å². The third-order valence-corrected chi connectivity index (χ3v) is 3.73. The number of rotatable bonds is 4. The molecule has 0 spiro atoms. The van der Waals surface area contributed by atoms with Gasteiger partial charge in [0, 0.05) is 10.6 Å². The van der Waals surface area contributed by atoms with E-state index in [1.54, 1.807) is 24.3 Å². The van der Waals surface area contributed by atoms with E-state index in [9.17, 15) is 18.8 Å². The Labute approximate surface area is 152 Å². The molecule has 3 rings (SSSR count). The Morgan fingerprint density at radius 3 is 2.46 bits per heavy atom. The zero-order chi connectivity index (χ0) is 18.7. The van der Waals surface area contributed by atoms with Crippen LogP contribution in [0.25, 0.3) is 6.08 Å². The first-order valence-electron chi connectivity index (χ1n) is 7.47. The molecule has 0 unspecified atom stereocenters. The number of urea groups is 1. The minimum Gasteiger partial charge on any atom is -0.488 e. The highest BCUT2D eigenvalue weighted by Crippen LogP contribution is 2.26. The lowest BCUT2D eigenvalue weighted by Crippen LogP contribution is -2.51. The predicted molar refractivity (Wildman–Crippen MR) is 91.8 cm³/mol. The lowest BCUT2D eigenvalue weighted by molar-refractivity contribution is -0.123. The number of halogens is 2. The van der Waals surface area contributed by atoms with E-state index in [1.165, 1.54) is 24.3 Å². The fraction of sp³-hybridized carbons (Fsp3) is 0.0556. The molecule has 1 fully saturated rings. The van der Waals surface area contributed by atoms with Crippen molar-refractivity contribution in [2.75, 3.05) is 0 Å². The van der Waals surface area contributed by atoms with Crippen molar-refractivity contribution >= 4 is 35.5 Å². The Kier molecular flexibility index (Phi) is 4.99. The lowest BCUT2D eigenvalue weighted by Gasteiger charge is -2.15. The van der Waals surface area contributed by atoms with Gasteiger partial charge in [0.1, 0.15) is 23.7 Å². The van der Waals surface area contributed by atoms with Crippen molar-refractivity contribution in [3.63, 3.8) is 0 Å². The molecule has 0 aliphatic carbocycles. The van der Waals surface area contributed by atoms with Gasteiger partial charge in [-0.15, -0.1) is 0 Å². The second kappa shape index (κ2) is 7.37. The molecule has 4 amide bonds. The average molecular weight is 375 g/mol. The van der Waals surface area contributed by atoms with Gasteiger partial charge in [0.2, 0.25) is 0 Å². The van der Waals surface area contributed by atoms with Crippen LogP contribution in [0.1, 0.15) is 11.1 Å². The van der Waals surface area contributed by atoms with Gasteiger partial charge in [-0.1, -0.05) is 23.7 Å². The molecule has 2 aromatic rings. The maximum Gasteiger partial charge on any atom is 0.328 e. The molecular formula is C18H12ClFN2O4. The van der Waals surface area contributed by atoms with Crippen molar-refractivity contribution in [3.8, 4) is 5.75 Å². The molecule has 8 heteroatoms. The molecule has 6 nitrogen and oxygen atoms in total. The highest BCUT2D eigenvalue weighted by Gasteiger charge is 2.28. The summed E-state index contributed by atoms with van der Waals surface area (Å²) in [6.45, 7) is 0.0758. The van der Waals surface area contributed by atoms with Crippen molar-refractivity contribution in [3.05, 3.63) is 70.0 Å². The summed E-state index contributed by atoms with van der Waals surface area (Å²) in [6.07, 6.45) is 1.27. The molecule has 0 bridgehead atoms. The van der Waals surface area contributed by atoms with E-state index in [-0.39, 0.29) is 18.0 Å². The molecule has 1 heterocycles. The molecule has 1 aliphatic rings. The molecule has 0 aromatic heterocycles. The quantitative estimate of drug-likeness (QED) is 0.636. The Hall–Kier alpha value is -3.19. The van der Waals surface area contributed by atoms with Gasteiger partial charge < -0.3 is 4.74 Å². The van der Waals surface area contributed by atoms with Gasteiger partial charge in [0.25, 0.3) is 11.8 Å². The number of barbiturate groups is 1. The molecule has 1 aliphatic heterocycles. The average Bonchev–Trinajstić information content (AvgIpc) is 2.57. The largest absolute Gasteiger partial charge is 0.488 e. The Morgan fingerprint density at radius 2 is 1.77 bits per heavy atom. The van der Waals surface area contributed by atoms with Crippen LogP contribution in [0.4, 0.5) is 9.18 Å². The number of hydrogen-bond acceptors (Lipinski definition) is 4. The van der Waals surface area contributed by atoms with Crippen molar-refractivity contribution in [2.45, 2.75) is 6.61 Å². The Morgan fingerprint density at radius 1 is 1.04 bits per heavy atom. The molecule has 1 saturated heterocycles. The molecular weight excluding hydrogens is 363 g/mol. The Bertz CT molecular complexity index is 921. The van der Waals surface area contributed by atoms with E-state index in [0.717, 1.165) is 0 Å². The summed E-state index contributed by atoms with van der Waals surface area (Å²) in [5.41, 5.74) is 0.711. The number of carbonyl (C=O) groups excluding carboxylic acids is 3. The van der Waals surface area contributed by atoms with Crippen LogP contribution in [0.3, 0.4) is 0 Å². The third-order valence-electron chi connectivity index (χ3n) is 3.50. The van der Waals surface area contributed by atoms with E-state index in [2.05, 4.69) is 0 Å². The Balaban J connectivity index is 1.88. The molecule has 2 aromatic carbocycles. The molecule has 0 radical (unpaired) electrons. The van der Waals surface area contributed by atoms with Crippen LogP contribution < -0.4 is 15.4 Å². The number of ether oxygens (including phenoxy) is 1. The number of benzene rings is 2. The van der Waals surface area contributed by atoms with Gasteiger partial charge >= 0.3 is 6.03 Å². The highest BCUT2D eigenvalue weighted by molar-refractivity contribution is 6.32. The maximum atomic E-state index is 13.3. The van der Waals surface area contributed by atoms with Gasteiger partial charge in [-0.3, -0.25) is 20.2 Å². The van der Waals surface area contributed by atoms with Gasteiger partial charge in [-0.05, 0) is 42.0 Å². The number of carbonyl (C=O) groups is 3. The number of amides is 4. The van der Waals surface area contributed by atoms with E-state index in [0.29, 0.717) is 21.9 Å². The second-order valence-corrected chi connectivity index (χ2v) is 5.83. The van der Waals surface area contributed by atoms with Crippen LogP contribution in [0, 0.1) is 5.82 Å². The highest BCUT2D eigenvalue weighted by atomic mass is 35.5. The molecule has 0 atom stereocenters. The maximum absolute atomic E-state index is 13.3. The fourth-order valence-corrected chi connectivity index (χ4v) is 2.49. The number of imide groups is 2. The zero-order valence-electron chi connectivity index (χ0n) is 13.2. The minimum atomic E-state index is -0.883. The predicted octanol–water partition coefficient (Wildman–Crippen LogP) is 2.81. The summed E-state index contributed by atoms with van der Waals surface area (Å²) in [5, 5.41) is 4.33. The van der Waals surface area contributed by atoms with Gasteiger partial charge in [0.15, 0.2) is 0 Å². The van der Waals surface area contributed by atoms with E-state index < -0.39 is 17.8 Å². The lowest BCUT2D eigenvalue weighted by atomic mass is 10.1. The van der Waals surface area contributed by atoms with Crippen LogP contribution in [0.2, 0.25) is 5.02 Å². The first-order chi connectivity index (χ1) is 12.4. The second-order valence-electron chi connectivity index (χ2n) is 5.40. The first kappa shape index (κ1) is 17.6. The normalized spacial score (nSPS) is 13.9. The van der Waals surface area contributed by atoms with Crippen LogP contribution >= 0.6 is 11.6 Å². The summed E-state index contributed by atoms with van der Waals surface area (Å²) in [5.74, 6) is -1.70. The van der Waals surface area contributed by atoms with E-state index in [1.807, 2.05) is 10.6 Å². The molecule has 2 N–H and O–H groups in total. The van der Waals surface area contributed by atoms with Crippen LogP contribution in [0.5, 0.6) is 5.75 Å². The van der Waals surface area contributed by atoms with Crippen molar-refractivity contribution in [1.29, 1.82) is 0 Å². The summed E-state index contributed by atoms with van der Waals surface area (Å²) < 4.78 is 18.9. The van der Waals surface area contributed by atoms with Crippen LogP contribution in [-0.4, -0.2) is 17.8 Å². The van der Waals surface area contributed by atoms with Gasteiger partial charge in [-0.2, -0.15) is 0 Å². The van der Waals surface area contributed by atoms with E-state index in [4.69, 9.17) is 16.3 Å². The van der Waals surface area contributed by atoms with Gasteiger partial charge in [-0.25, -0.2) is 9.18 Å². The standard InChI is InChI=1S/C18H12ClFN2O4/c19-12-4-5-15(26-9-10-2-1-3-13(20)6-10)11(7-12)8-14-16(23)21-18(25)22-17(14)24/h1-8H,9H2,(H2,21,22,23,24,25). The first-order valence-corrected chi connectivity index (χ1v) is 7.85. The number of nitrogens with one attached hydrogen (secondary N) is 2. The minimum absolute atomic E-state index is 0.0758. The van der Waals surface area contributed by atoms with Crippen molar-refractivity contribution in [1.82, 2.24) is 10.6 Å². The van der Waals surface area contributed by atoms with E-state index >= 15 is 0 Å². The SMILES string of the molecule is O=C1NC(=O)C(=Cc2cc(Cl)ccc2OCc2cccc(F)c2)C(=O)N1. The van der Waals surface area contributed by atoms with Crippen molar-refractivity contribution < 1.29 is 23.5 Å². The molecule has 26 heavy (non-hydrogen) atoms. The summed E-state index contributed by atoms with van der Waals surface area (Å²) in [7, 11) is 0. The van der Waals surface area contributed by atoms with Gasteiger partial charge in [0.05, 0.1) is 0 Å². The molecule has 132 valence electrons.